The lowest BCUT2D eigenvalue weighted by Crippen LogP contribution is -2.60. The SMILES string of the molecule is C#CCC(=O)N1CC(C)(C(=O)O)C1. The van der Waals surface area contributed by atoms with Crippen molar-refractivity contribution in [1.29, 1.82) is 0 Å². The van der Waals surface area contributed by atoms with Crippen molar-refractivity contribution in [2.75, 3.05) is 13.1 Å². The molecule has 0 aromatic heterocycles. The molecule has 0 spiro atoms. The first-order valence-electron chi connectivity index (χ1n) is 3.94. The summed E-state index contributed by atoms with van der Waals surface area (Å²) in [7, 11) is 0. The van der Waals surface area contributed by atoms with E-state index in [0.717, 1.165) is 0 Å². The van der Waals surface area contributed by atoms with Crippen molar-refractivity contribution in [3.63, 3.8) is 0 Å². The van der Waals surface area contributed by atoms with E-state index < -0.39 is 11.4 Å². The fraction of sp³-hybridized carbons (Fsp3) is 0.556. The second-order valence-electron chi connectivity index (χ2n) is 3.50. The number of carbonyl (C=O) groups is 2. The topological polar surface area (TPSA) is 57.6 Å². The van der Waals surface area contributed by atoms with Crippen molar-refractivity contribution >= 4 is 11.9 Å². The van der Waals surface area contributed by atoms with Gasteiger partial charge in [0.15, 0.2) is 0 Å². The molecule has 4 heteroatoms. The molecule has 1 aliphatic rings. The molecule has 0 aliphatic carbocycles. The van der Waals surface area contributed by atoms with Crippen molar-refractivity contribution in [2.24, 2.45) is 5.41 Å². The molecule has 1 saturated heterocycles. The number of carboxylic acid groups (broad SMARTS) is 1. The van der Waals surface area contributed by atoms with Gasteiger partial charge in [-0.1, -0.05) is 5.92 Å². The number of terminal acetylenes is 1. The molecule has 1 N–H and O–H groups in total. The van der Waals surface area contributed by atoms with Gasteiger partial charge in [0.25, 0.3) is 0 Å². The number of carbonyl (C=O) groups excluding carboxylic acids is 1. The molecule has 1 aliphatic heterocycles. The maximum absolute atomic E-state index is 11.1. The van der Waals surface area contributed by atoms with Crippen LogP contribution < -0.4 is 0 Å². The molecule has 0 unspecified atom stereocenters. The van der Waals surface area contributed by atoms with Gasteiger partial charge in [-0.25, -0.2) is 0 Å². The zero-order valence-electron chi connectivity index (χ0n) is 7.41. The van der Waals surface area contributed by atoms with E-state index in [2.05, 4.69) is 5.92 Å². The number of rotatable bonds is 2. The van der Waals surface area contributed by atoms with Crippen LogP contribution in [0.1, 0.15) is 13.3 Å². The average molecular weight is 181 g/mol. The molecule has 70 valence electrons. The summed E-state index contributed by atoms with van der Waals surface area (Å²) in [5.74, 6) is 1.21. The number of aliphatic carboxylic acids is 1. The Morgan fingerprint density at radius 2 is 2.15 bits per heavy atom. The molecule has 0 aromatic rings. The monoisotopic (exact) mass is 181 g/mol. The van der Waals surface area contributed by atoms with Crippen LogP contribution in [-0.2, 0) is 9.59 Å². The van der Waals surface area contributed by atoms with E-state index in [1.807, 2.05) is 0 Å². The fourth-order valence-corrected chi connectivity index (χ4v) is 1.31. The molecule has 1 fully saturated rings. The van der Waals surface area contributed by atoms with Gasteiger partial charge in [0.2, 0.25) is 5.91 Å². The first-order chi connectivity index (χ1) is 5.99. The Hall–Kier alpha value is -1.50. The molecule has 0 aromatic carbocycles. The molecule has 13 heavy (non-hydrogen) atoms. The van der Waals surface area contributed by atoms with E-state index in [4.69, 9.17) is 11.5 Å². The molecule has 1 heterocycles. The van der Waals surface area contributed by atoms with Gasteiger partial charge in [0, 0.05) is 13.1 Å². The van der Waals surface area contributed by atoms with Gasteiger partial charge in [-0.2, -0.15) is 0 Å². The minimum absolute atomic E-state index is 0.0513. The van der Waals surface area contributed by atoms with Crippen molar-refractivity contribution < 1.29 is 14.7 Å². The number of hydrogen-bond donors (Lipinski definition) is 1. The Kier molecular flexibility index (Phi) is 2.28. The lowest BCUT2D eigenvalue weighted by Gasteiger charge is -2.44. The number of likely N-dealkylation sites (tertiary alicyclic amines) is 1. The minimum Gasteiger partial charge on any atom is -0.481 e. The first kappa shape index (κ1) is 9.59. The fourth-order valence-electron chi connectivity index (χ4n) is 1.31. The van der Waals surface area contributed by atoms with E-state index in [-0.39, 0.29) is 25.4 Å². The minimum atomic E-state index is -0.864. The predicted octanol–water partition coefficient (Wildman–Crippen LogP) is -0.0572. The lowest BCUT2D eigenvalue weighted by molar-refractivity contribution is -0.163. The molecule has 1 amide bonds. The highest BCUT2D eigenvalue weighted by atomic mass is 16.4. The summed E-state index contributed by atoms with van der Waals surface area (Å²) < 4.78 is 0. The number of amides is 1. The molecular formula is C9H11NO3. The summed E-state index contributed by atoms with van der Waals surface area (Å²) in [6.45, 7) is 2.15. The maximum Gasteiger partial charge on any atom is 0.312 e. The normalized spacial score (nSPS) is 18.6. The Morgan fingerprint density at radius 1 is 1.62 bits per heavy atom. The summed E-state index contributed by atoms with van der Waals surface area (Å²) in [6.07, 6.45) is 5.01. The predicted molar refractivity (Wildman–Crippen MR) is 45.8 cm³/mol. The van der Waals surface area contributed by atoms with Crippen LogP contribution in [0.5, 0.6) is 0 Å². The van der Waals surface area contributed by atoms with Gasteiger partial charge in [-0.15, -0.1) is 6.42 Å². The second kappa shape index (κ2) is 3.09. The van der Waals surface area contributed by atoms with Gasteiger partial charge in [0.1, 0.15) is 0 Å². The molecule has 0 radical (unpaired) electrons. The van der Waals surface area contributed by atoms with Crippen LogP contribution >= 0.6 is 0 Å². The van der Waals surface area contributed by atoms with E-state index in [1.54, 1.807) is 6.92 Å². The van der Waals surface area contributed by atoms with Crippen molar-refractivity contribution in [1.82, 2.24) is 4.90 Å². The zero-order chi connectivity index (χ0) is 10.1. The zero-order valence-corrected chi connectivity index (χ0v) is 7.41. The third-order valence-corrected chi connectivity index (χ3v) is 2.20. The van der Waals surface area contributed by atoms with E-state index in [1.165, 1.54) is 4.90 Å². The van der Waals surface area contributed by atoms with Crippen LogP contribution in [0.15, 0.2) is 0 Å². The summed E-state index contributed by atoms with van der Waals surface area (Å²) in [4.78, 5) is 23.2. The van der Waals surface area contributed by atoms with Crippen molar-refractivity contribution in [3.8, 4) is 12.3 Å². The van der Waals surface area contributed by atoms with Gasteiger partial charge in [0.05, 0.1) is 11.8 Å². The summed E-state index contributed by atoms with van der Waals surface area (Å²) in [5, 5.41) is 8.74. The maximum atomic E-state index is 11.1. The highest BCUT2D eigenvalue weighted by molar-refractivity contribution is 5.84. The molecule has 0 saturated carbocycles. The van der Waals surface area contributed by atoms with Crippen LogP contribution in [0.3, 0.4) is 0 Å². The summed E-state index contributed by atoms with van der Waals surface area (Å²) in [5.41, 5.74) is -0.774. The smallest absolute Gasteiger partial charge is 0.312 e. The number of carboxylic acids is 1. The van der Waals surface area contributed by atoms with Crippen LogP contribution in [0.25, 0.3) is 0 Å². The molecule has 0 atom stereocenters. The number of nitrogens with zero attached hydrogens (tertiary/aromatic N) is 1. The quantitative estimate of drug-likeness (QED) is 0.607. The molecule has 0 bridgehead atoms. The molecule has 1 rings (SSSR count). The standard InChI is InChI=1S/C9H11NO3/c1-3-4-7(11)10-5-9(2,6-10)8(12)13/h1H,4-6H2,2H3,(H,12,13). The average Bonchev–Trinajstić information content (AvgIpc) is 1.98. The van der Waals surface area contributed by atoms with E-state index in [9.17, 15) is 9.59 Å². The van der Waals surface area contributed by atoms with Gasteiger partial charge in [-0.3, -0.25) is 9.59 Å². The molecule has 4 nitrogen and oxygen atoms in total. The third-order valence-electron chi connectivity index (χ3n) is 2.20. The number of hydrogen-bond acceptors (Lipinski definition) is 2. The first-order valence-corrected chi connectivity index (χ1v) is 3.94. The van der Waals surface area contributed by atoms with Crippen LogP contribution in [0.4, 0.5) is 0 Å². The largest absolute Gasteiger partial charge is 0.481 e. The van der Waals surface area contributed by atoms with Crippen molar-refractivity contribution in [2.45, 2.75) is 13.3 Å². The second-order valence-corrected chi connectivity index (χ2v) is 3.50. The van der Waals surface area contributed by atoms with E-state index >= 15 is 0 Å². The van der Waals surface area contributed by atoms with E-state index in [0.29, 0.717) is 0 Å². The van der Waals surface area contributed by atoms with Crippen LogP contribution in [0, 0.1) is 17.8 Å². The van der Waals surface area contributed by atoms with Gasteiger partial charge in [-0.05, 0) is 6.92 Å². The highest BCUT2D eigenvalue weighted by Crippen LogP contribution is 2.30. The third kappa shape index (κ3) is 1.64. The van der Waals surface area contributed by atoms with Crippen LogP contribution in [0.2, 0.25) is 0 Å². The Bertz CT molecular complexity index is 284. The summed E-state index contributed by atoms with van der Waals surface area (Å²) >= 11 is 0. The lowest BCUT2D eigenvalue weighted by atomic mass is 9.82. The Labute approximate surface area is 76.5 Å². The summed E-state index contributed by atoms with van der Waals surface area (Å²) in [6, 6.07) is 0. The van der Waals surface area contributed by atoms with Gasteiger partial charge < -0.3 is 10.0 Å². The highest BCUT2D eigenvalue weighted by Gasteiger charge is 2.46. The van der Waals surface area contributed by atoms with Crippen molar-refractivity contribution in [3.05, 3.63) is 0 Å². The van der Waals surface area contributed by atoms with Crippen LogP contribution in [-0.4, -0.2) is 35.0 Å². The molecular weight excluding hydrogens is 170 g/mol. The Balaban J connectivity index is 2.46. The van der Waals surface area contributed by atoms with Gasteiger partial charge >= 0.3 is 5.97 Å². The Morgan fingerprint density at radius 3 is 2.54 bits per heavy atom.